The molecule has 6 fully saturated rings. The van der Waals surface area contributed by atoms with Crippen molar-refractivity contribution in [2.24, 2.45) is 28.1 Å². The summed E-state index contributed by atoms with van der Waals surface area (Å²) in [6, 6.07) is 20.9. The van der Waals surface area contributed by atoms with Crippen molar-refractivity contribution in [2.75, 3.05) is 56.1 Å². The number of anilines is 4. The number of fused-ring (bicyclic) bond motifs is 2. The number of nitrogens with zero attached hydrogens (tertiary/aromatic N) is 9. The SMILES string of the molecule is Cc1ncsc1-c1ccc([C@H](C)NC(=O)[C@@H]2C[C@@H](O)CN2C(=O)[C@@H](NC(=O)CC23CC4CC(C2)CC(CC(=O)N2CCN(C(F)C#Cc5ccccc5OCCCc5sc(N6CCCc7c6nnc(Nc6nc8ccccc8s6)c7C)nc5C(=O)O)CC2)(C4)C3)C(C)(C)C)cc1. The van der Waals surface area contributed by atoms with Crippen molar-refractivity contribution < 1.29 is 43.3 Å². The molecule has 0 radical (unpaired) electrons. The van der Waals surface area contributed by atoms with Gasteiger partial charge in [-0.2, -0.15) is 0 Å². The number of β-amino-alcohol motifs (C(OH)–C–C–N with tert-alkyl or cyclic N) is 1. The summed E-state index contributed by atoms with van der Waals surface area (Å²) in [5, 5.41) is 41.3. The van der Waals surface area contributed by atoms with Crippen LogP contribution in [0.4, 0.5) is 26.3 Å². The van der Waals surface area contributed by atoms with Crippen molar-refractivity contribution in [3.63, 3.8) is 0 Å². The highest BCUT2D eigenvalue weighted by atomic mass is 32.1. The molecule has 5 N–H and O–H groups in total. The molecule has 4 aromatic heterocycles. The number of hydrogen-bond acceptors (Lipinski definition) is 18. The van der Waals surface area contributed by atoms with Crippen molar-refractivity contribution in [3.05, 3.63) is 117 Å². The minimum Gasteiger partial charge on any atom is -0.492 e. The smallest absolute Gasteiger partial charge is 0.355 e. The van der Waals surface area contributed by atoms with Crippen LogP contribution in [-0.2, 0) is 32.0 Å². The molecule has 3 aromatic carbocycles. The van der Waals surface area contributed by atoms with Gasteiger partial charge in [0.2, 0.25) is 29.9 Å². The Hall–Kier alpha value is -7.95. The third kappa shape index (κ3) is 14.2. The van der Waals surface area contributed by atoms with Crippen LogP contribution in [0.5, 0.6) is 5.75 Å². The number of ether oxygens (including phenoxy) is 1. The molecule has 24 heteroatoms. The van der Waals surface area contributed by atoms with Crippen LogP contribution in [0, 0.1) is 53.8 Å². The van der Waals surface area contributed by atoms with Crippen LogP contribution in [-0.4, -0.2) is 150 Å². The lowest BCUT2D eigenvalue weighted by Crippen LogP contribution is -2.59. The van der Waals surface area contributed by atoms with Gasteiger partial charge in [0, 0.05) is 74.5 Å². The van der Waals surface area contributed by atoms with E-state index in [1.807, 2.05) is 118 Å². The van der Waals surface area contributed by atoms with Crippen molar-refractivity contribution >= 4 is 95.7 Å². The van der Waals surface area contributed by atoms with Crippen LogP contribution in [0.1, 0.15) is 148 Å². The molecule has 7 heterocycles. The predicted octanol–water partition coefficient (Wildman–Crippen LogP) is 11.3. The summed E-state index contributed by atoms with van der Waals surface area (Å²) in [6.07, 6.45) is 6.22. The number of aromatic nitrogens is 5. The number of piperazine rings is 1. The number of carboxylic acid groups (broad SMARTS) is 1. The summed E-state index contributed by atoms with van der Waals surface area (Å²) < 4.78 is 23.4. The molecule has 504 valence electrons. The third-order valence-electron chi connectivity index (χ3n) is 20.5. The molecule has 3 aliphatic heterocycles. The first-order valence-corrected chi connectivity index (χ1v) is 36.1. The maximum Gasteiger partial charge on any atom is 0.355 e. The number of aliphatic hydroxyl groups excluding tert-OH is 1. The number of thiazole rings is 3. The van der Waals surface area contributed by atoms with Crippen molar-refractivity contribution in [1.82, 2.24) is 50.5 Å². The lowest BCUT2D eigenvalue weighted by Gasteiger charge is -2.62. The number of aliphatic hydroxyl groups is 1. The highest BCUT2D eigenvalue weighted by molar-refractivity contribution is 7.22. The van der Waals surface area contributed by atoms with Gasteiger partial charge >= 0.3 is 5.97 Å². The Morgan fingerprint density at radius 2 is 1.59 bits per heavy atom. The summed E-state index contributed by atoms with van der Waals surface area (Å²) in [4.78, 5) is 92.4. The molecular weight excluding hydrogens is 1280 g/mol. The lowest BCUT2D eigenvalue weighted by atomic mass is 9.43. The summed E-state index contributed by atoms with van der Waals surface area (Å²) >= 11 is 4.45. The van der Waals surface area contributed by atoms with Gasteiger partial charge in [0.1, 0.15) is 17.8 Å². The maximum absolute atomic E-state index is 16.1. The number of carbonyl (C=O) groups excluding carboxylic acids is 4. The molecule has 20 nitrogen and oxygen atoms in total. The topological polar surface area (TPSA) is 249 Å². The Labute approximate surface area is 570 Å². The van der Waals surface area contributed by atoms with E-state index < -0.39 is 41.8 Å². The minimum absolute atomic E-state index is 0.00220. The Morgan fingerprint density at radius 1 is 0.865 bits per heavy atom. The fraction of sp³-hybridized carbons (Fsp3) is 0.500. The molecule has 7 atom stereocenters. The van der Waals surface area contributed by atoms with Gasteiger partial charge in [-0.3, -0.25) is 24.1 Å². The van der Waals surface area contributed by atoms with Gasteiger partial charge in [0.25, 0.3) is 0 Å². The number of amides is 4. The monoisotopic (exact) mass is 1360 g/mol. The number of hydrogen-bond donors (Lipinski definition) is 5. The number of benzene rings is 3. The van der Waals surface area contributed by atoms with Gasteiger partial charge < -0.3 is 45.6 Å². The number of aryl methyl sites for hydroxylation is 2. The highest BCUT2D eigenvalue weighted by Gasteiger charge is 2.59. The van der Waals surface area contributed by atoms with E-state index >= 15 is 4.39 Å². The molecule has 4 bridgehead atoms. The molecule has 4 amide bonds. The van der Waals surface area contributed by atoms with Crippen LogP contribution in [0.15, 0.2) is 78.3 Å². The van der Waals surface area contributed by atoms with E-state index in [0.717, 1.165) is 99.5 Å². The summed E-state index contributed by atoms with van der Waals surface area (Å²) in [7, 11) is 0. The van der Waals surface area contributed by atoms with Gasteiger partial charge in [-0.15, -0.1) is 32.9 Å². The van der Waals surface area contributed by atoms with Gasteiger partial charge in [-0.05, 0) is 154 Å². The van der Waals surface area contributed by atoms with E-state index in [0.29, 0.717) is 96.8 Å². The number of nitrogens with one attached hydrogen (secondary N) is 3. The second-order valence-electron chi connectivity index (χ2n) is 28.6. The van der Waals surface area contributed by atoms with E-state index in [9.17, 15) is 34.2 Å². The fourth-order valence-electron chi connectivity index (χ4n) is 16.3. The van der Waals surface area contributed by atoms with Crippen molar-refractivity contribution in [3.8, 4) is 28.0 Å². The molecule has 14 rings (SSSR count). The first kappa shape index (κ1) is 66.7. The van der Waals surface area contributed by atoms with Crippen LogP contribution >= 0.6 is 34.0 Å². The molecule has 7 aromatic rings. The number of carbonyl (C=O) groups is 5. The van der Waals surface area contributed by atoms with Gasteiger partial charge in [-0.25, -0.2) is 24.1 Å². The summed E-state index contributed by atoms with van der Waals surface area (Å²) in [5.74, 6) is 6.33. The number of alkyl halides is 1. The normalized spacial score (nSPS) is 23.2. The zero-order chi connectivity index (χ0) is 67.2. The first-order chi connectivity index (χ1) is 46.1. The van der Waals surface area contributed by atoms with Crippen LogP contribution in [0.2, 0.25) is 0 Å². The Bertz CT molecular complexity index is 4100. The lowest BCUT2D eigenvalue weighted by molar-refractivity contribution is -0.154. The van der Waals surface area contributed by atoms with E-state index in [1.54, 1.807) is 39.7 Å². The maximum atomic E-state index is 16.1. The summed E-state index contributed by atoms with van der Waals surface area (Å²) in [5.41, 5.74) is 6.84. The highest BCUT2D eigenvalue weighted by Crippen LogP contribution is 2.67. The average molecular weight is 1360 g/mol. The minimum atomic E-state index is -1.58. The molecule has 7 aliphatic rings. The Kier molecular flexibility index (Phi) is 19.1. The number of carboxylic acids is 1. The van der Waals surface area contributed by atoms with Crippen LogP contribution < -0.4 is 25.6 Å². The van der Waals surface area contributed by atoms with Crippen molar-refractivity contribution in [1.29, 1.82) is 0 Å². The van der Waals surface area contributed by atoms with Crippen LogP contribution in [0.3, 0.4) is 0 Å². The van der Waals surface area contributed by atoms with E-state index in [1.165, 1.54) is 16.2 Å². The largest absolute Gasteiger partial charge is 0.492 e. The molecule has 4 saturated carbocycles. The van der Waals surface area contributed by atoms with Gasteiger partial charge in [0.15, 0.2) is 27.6 Å². The second-order valence-corrected chi connectivity index (χ2v) is 31.5. The number of likely N-dealkylation sites (tertiary alicyclic amines) is 1. The molecule has 3 unspecified atom stereocenters. The average Bonchev–Trinajstić information content (AvgIpc) is 0.939. The molecule has 96 heavy (non-hydrogen) atoms. The van der Waals surface area contributed by atoms with E-state index in [-0.39, 0.29) is 66.3 Å². The third-order valence-corrected chi connectivity index (χ3v) is 23.5. The van der Waals surface area contributed by atoms with Crippen LogP contribution in [0.25, 0.3) is 20.7 Å². The Morgan fingerprint density at radius 3 is 2.31 bits per heavy atom. The van der Waals surface area contributed by atoms with E-state index in [2.05, 4.69) is 48.0 Å². The number of halogens is 1. The molecule has 4 aliphatic carbocycles. The second kappa shape index (κ2) is 27.5. The van der Waals surface area contributed by atoms with E-state index in [4.69, 9.17) is 9.72 Å². The fourth-order valence-corrected chi connectivity index (χ4v) is 19.1. The Balaban J connectivity index is 0.581. The van der Waals surface area contributed by atoms with Gasteiger partial charge in [-0.1, -0.05) is 86.6 Å². The molecule has 0 spiro atoms. The van der Waals surface area contributed by atoms with Gasteiger partial charge in [0.05, 0.1) is 50.6 Å². The standard InChI is InChI=1S/C72H83FN12O8S3/c1-42-51-14-11-25-84(64(51)81-80-63(42)79-68-76-52-15-8-10-17-55(52)95-68)69-78-60(67(91)92)56(96-69)18-12-30-93-54-16-9-7-13-48(54)23-24-57(73)82-26-28-83(29-27-82)59(88)38-72-35-45-31-46(36-72)34-71(33-45,40-72)37-58(87)77-62(70(4,5)6)66(90)85-39-50(86)32-53(85)65(89)75-43(2)47-19-21-49(22-20-47)61-44(3)74-41-94-61/h7-10,13,15-17,19-22,41,43,45-46,50,53,57,62,86H,11-12,14,18,25-40H2,1-6H3,(H,75,89)(H,77,87)(H,91,92)(H,76,79,80)/t43-,45?,46?,50+,53-,57?,62+,71?,72?/m0/s1. The number of aromatic carboxylic acids is 1. The quantitative estimate of drug-likeness (QED) is 0.0270. The molecule has 2 saturated heterocycles. The predicted molar refractivity (Wildman–Crippen MR) is 369 cm³/mol. The first-order valence-electron chi connectivity index (χ1n) is 33.5. The number of para-hydroxylation sites is 2. The summed E-state index contributed by atoms with van der Waals surface area (Å²) in [6.45, 7) is 13.8. The molecular formula is C72H83FN12O8S3. The zero-order valence-electron chi connectivity index (χ0n) is 55.2. The number of rotatable bonds is 20. The van der Waals surface area contributed by atoms with Crippen molar-refractivity contribution in [2.45, 2.75) is 156 Å². The zero-order valence-corrected chi connectivity index (χ0v) is 57.6.